The lowest BCUT2D eigenvalue weighted by Crippen LogP contribution is -2.27. The molecule has 4 nitrogen and oxygen atoms in total. The molecule has 1 fully saturated rings. The van der Waals surface area contributed by atoms with E-state index in [4.69, 9.17) is 4.74 Å². The average Bonchev–Trinajstić information content (AvgIpc) is 2.79. The highest BCUT2D eigenvalue weighted by molar-refractivity contribution is 5.37. The van der Waals surface area contributed by atoms with Gasteiger partial charge in [-0.15, -0.1) is 0 Å². The summed E-state index contributed by atoms with van der Waals surface area (Å²) in [5.74, 6) is 1.25. The second kappa shape index (κ2) is 6.07. The summed E-state index contributed by atoms with van der Waals surface area (Å²) >= 11 is 0. The van der Waals surface area contributed by atoms with Crippen LogP contribution < -0.4 is 4.74 Å². The van der Waals surface area contributed by atoms with Gasteiger partial charge in [0.15, 0.2) is 11.5 Å². The first-order chi connectivity index (χ1) is 8.70. The first-order valence-corrected chi connectivity index (χ1v) is 6.41. The van der Waals surface area contributed by atoms with Gasteiger partial charge in [-0.25, -0.2) is 0 Å². The van der Waals surface area contributed by atoms with Crippen LogP contribution in [-0.2, 0) is 0 Å². The molecule has 1 aromatic rings. The molecule has 2 rings (SSSR count). The summed E-state index contributed by atoms with van der Waals surface area (Å²) in [5, 5.41) is 19.1. The molecule has 0 bridgehead atoms. The summed E-state index contributed by atoms with van der Waals surface area (Å²) in [6, 6.07) is 6.93. The van der Waals surface area contributed by atoms with Gasteiger partial charge in [0.2, 0.25) is 0 Å². The Bertz CT molecular complexity index is 383. The van der Waals surface area contributed by atoms with Crippen molar-refractivity contribution in [2.24, 2.45) is 11.8 Å². The SMILES string of the molecule is CN1CCC(C(CO)COc2ccccc2O)C1. The third-order valence-corrected chi connectivity index (χ3v) is 3.65. The maximum atomic E-state index is 9.61. The summed E-state index contributed by atoms with van der Waals surface area (Å²) < 4.78 is 5.61. The highest BCUT2D eigenvalue weighted by atomic mass is 16.5. The van der Waals surface area contributed by atoms with Crippen molar-refractivity contribution in [3.8, 4) is 11.5 Å². The summed E-state index contributed by atoms with van der Waals surface area (Å²) in [7, 11) is 2.10. The minimum Gasteiger partial charge on any atom is -0.504 e. The van der Waals surface area contributed by atoms with Crippen LogP contribution in [0.3, 0.4) is 0 Å². The van der Waals surface area contributed by atoms with Gasteiger partial charge in [0.05, 0.1) is 6.61 Å². The topological polar surface area (TPSA) is 52.9 Å². The monoisotopic (exact) mass is 251 g/mol. The van der Waals surface area contributed by atoms with E-state index in [9.17, 15) is 10.2 Å². The molecule has 0 aliphatic carbocycles. The highest BCUT2D eigenvalue weighted by Gasteiger charge is 2.27. The Morgan fingerprint density at radius 3 is 2.83 bits per heavy atom. The Labute approximate surface area is 108 Å². The molecule has 2 N–H and O–H groups in total. The number of likely N-dealkylation sites (tertiary alicyclic amines) is 1. The molecule has 18 heavy (non-hydrogen) atoms. The van der Waals surface area contributed by atoms with Crippen LogP contribution in [0.4, 0.5) is 0 Å². The van der Waals surface area contributed by atoms with Gasteiger partial charge in [-0.2, -0.15) is 0 Å². The molecule has 0 spiro atoms. The van der Waals surface area contributed by atoms with Gasteiger partial charge >= 0.3 is 0 Å². The van der Waals surface area contributed by atoms with Crippen molar-refractivity contribution < 1.29 is 14.9 Å². The van der Waals surface area contributed by atoms with E-state index in [0.717, 1.165) is 19.5 Å². The normalized spacial score (nSPS) is 22.0. The molecule has 0 amide bonds. The zero-order valence-electron chi connectivity index (χ0n) is 10.7. The van der Waals surface area contributed by atoms with Crippen LogP contribution in [0.1, 0.15) is 6.42 Å². The zero-order chi connectivity index (χ0) is 13.0. The number of aliphatic hydroxyl groups is 1. The third kappa shape index (κ3) is 3.15. The van der Waals surface area contributed by atoms with E-state index in [1.54, 1.807) is 18.2 Å². The lowest BCUT2D eigenvalue weighted by molar-refractivity contribution is 0.118. The third-order valence-electron chi connectivity index (χ3n) is 3.65. The number of nitrogens with zero attached hydrogens (tertiary/aromatic N) is 1. The molecular weight excluding hydrogens is 230 g/mol. The number of phenols is 1. The molecule has 0 saturated carbocycles. The number of phenolic OH excluding ortho intramolecular Hbond substituents is 1. The first-order valence-electron chi connectivity index (χ1n) is 6.41. The average molecular weight is 251 g/mol. The van der Waals surface area contributed by atoms with Crippen LogP contribution in [0.25, 0.3) is 0 Å². The standard InChI is InChI=1S/C14H21NO3/c1-15-7-6-11(8-15)12(9-16)10-18-14-5-3-2-4-13(14)17/h2-5,11-12,16-17H,6-10H2,1H3. The van der Waals surface area contributed by atoms with E-state index in [0.29, 0.717) is 18.3 Å². The van der Waals surface area contributed by atoms with Gasteiger partial charge in [0.1, 0.15) is 0 Å². The summed E-state index contributed by atoms with van der Waals surface area (Å²) in [5.41, 5.74) is 0. The van der Waals surface area contributed by atoms with E-state index in [1.165, 1.54) is 0 Å². The Balaban J connectivity index is 1.89. The lowest BCUT2D eigenvalue weighted by Gasteiger charge is -2.21. The van der Waals surface area contributed by atoms with E-state index >= 15 is 0 Å². The second-order valence-electron chi connectivity index (χ2n) is 5.03. The van der Waals surface area contributed by atoms with Crippen molar-refractivity contribution in [1.82, 2.24) is 4.90 Å². The molecule has 1 aliphatic heterocycles. The molecule has 1 saturated heterocycles. The molecule has 1 aliphatic rings. The maximum absolute atomic E-state index is 9.61. The molecule has 0 aromatic heterocycles. The number of hydrogen-bond donors (Lipinski definition) is 2. The predicted molar refractivity (Wildman–Crippen MR) is 69.8 cm³/mol. The molecule has 2 unspecified atom stereocenters. The van der Waals surface area contributed by atoms with E-state index in [-0.39, 0.29) is 18.3 Å². The number of rotatable bonds is 5. The van der Waals surface area contributed by atoms with Crippen molar-refractivity contribution >= 4 is 0 Å². The van der Waals surface area contributed by atoms with E-state index in [2.05, 4.69) is 11.9 Å². The quantitative estimate of drug-likeness (QED) is 0.829. The van der Waals surface area contributed by atoms with Crippen LogP contribution in [0.2, 0.25) is 0 Å². The molecule has 1 heterocycles. The van der Waals surface area contributed by atoms with Crippen LogP contribution in [0, 0.1) is 11.8 Å². The van der Waals surface area contributed by atoms with Gasteiger partial charge < -0.3 is 19.8 Å². The molecule has 2 atom stereocenters. The van der Waals surface area contributed by atoms with Crippen LogP contribution in [-0.4, -0.2) is 48.5 Å². The van der Waals surface area contributed by atoms with Crippen molar-refractivity contribution in [2.75, 3.05) is 33.4 Å². The Morgan fingerprint density at radius 1 is 1.44 bits per heavy atom. The predicted octanol–water partition coefficient (Wildman–Crippen LogP) is 1.33. The highest BCUT2D eigenvalue weighted by Crippen LogP contribution is 2.27. The number of para-hydroxylation sites is 2. The fourth-order valence-electron chi connectivity index (χ4n) is 2.47. The minimum atomic E-state index is 0.131. The Morgan fingerprint density at radius 2 is 2.22 bits per heavy atom. The zero-order valence-corrected chi connectivity index (χ0v) is 10.7. The maximum Gasteiger partial charge on any atom is 0.160 e. The number of hydrogen-bond acceptors (Lipinski definition) is 4. The molecule has 4 heteroatoms. The summed E-state index contributed by atoms with van der Waals surface area (Å²) in [6.45, 7) is 2.67. The number of benzene rings is 1. The largest absolute Gasteiger partial charge is 0.504 e. The molecule has 0 radical (unpaired) electrons. The van der Waals surface area contributed by atoms with Gasteiger partial charge in [0, 0.05) is 19.1 Å². The van der Waals surface area contributed by atoms with Crippen molar-refractivity contribution in [2.45, 2.75) is 6.42 Å². The first kappa shape index (κ1) is 13.2. The van der Waals surface area contributed by atoms with Crippen LogP contribution in [0.15, 0.2) is 24.3 Å². The fourth-order valence-corrected chi connectivity index (χ4v) is 2.47. The molecule has 100 valence electrons. The summed E-state index contributed by atoms with van der Waals surface area (Å²) in [6.07, 6.45) is 1.10. The van der Waals surface area contributed by atoms with Crippen LogP contribution >= 0.6 is 0 Å². The lowest BCUT2D eigenvalue weighted by atomic mass is 9.93. The van der Waals surface area contributed by atoms with Gasteiger partial charge in [-0.3, -0.25) is 0 Å². The second-order valence-corrected chi connectivity index (χ2v) is 5.03. The number of aromatic hydroxyl groups is 1. The Kier molecular flexibility index (Phi) is 4.44. The molecule has 1 aromatic carbocycles. The number of aliphatic hydroxyl groups excluding tert-OH is 1. The van der Waals surface area contributed by atoms with Gasteiger partial charge in [0.25, 0.3) is 0 Å². The smallest absolute Gasteiger partial charge is 0.160 e. The van der Waals surface area contributed by atoms with Crippen LogP contribution in [0.5, 0.6) is 11.5 Å². The number of ether oxygens (including phenoxy) is 1. The van der Waals surface area contributed by atoms with Gasteiger partial charge in [-0.05, 0) is 38.1 Å². The van der Waals surface area contributed by atoms with Crippen molar-refractivity contribution in [3.05, 3.63) is 24.3 Å². The van der Waals surface area contributed by atoms with Gasteiger partial charge in [-0.1, -0.05) is 12.1 Å². The van der Waals surface area contributed by atoms with Crippen molar-refractivity contribution in [3.63, 3.8) is 0 Å². The Hall–Kier alpha value is -1.26. The van der Waals surface area contributed by atoms with Crippen molar-refractivity contribution in [1.29, 1.82) is 0 Å². The fraction of sp³-hybridized carbons (Fsp3) is 0.571. The van der Waals surface area contributed by atoms with E-state index in [1.807, 2.05) is 6.07 Å². The van der Waals surface area contributed by atoms with E-state index < -0.39 is 0 Å². The summed E-state index contributed by atoms with van der Waals surface area (Å²) in [4.78, 5) is 2.27. The molecular formula is C14H21NO3. The minimum absolute atomic E-state index is 0.131.